The summed E-state index contributed by atoms with van der Waals surface area (Å²) in [6, 6.07) is 7.63. The summed E-state index contributed by atoms with van der Waals surface area (Å²) in [7, 11) is 0. The average molecular weight is 223 g/mol. The Kier molecular flexibility index (Phi) is 2.69. The SMILES string of the molecule is [2H]c1c(-c2ccc(Cl)cc2)noc1CCC. The highest BCUT2D eigenvalue weighted by molar-refractivity contribution is 6.30. The van der Waals surface area contributed by atoms with Crippen molar-refractivity contribution >= 4 is 11.6 Å². The van der Waals surface area contributed by atoms with Gasteiger partial charge in [0.15, 0.2) is 0 Å². The second-order valence-electron chi connectivity index (χ2n) is 3.34. The van der Waals surface area contributed by atoms with Crippen LogP contribution in [0.1, 0.15) is 20.5 Å². The van der Waals surface area contributed by atoms with Gasteiger partial charge in [-0.3, -0.25) is 0 Å². The lowest BCUT2D eigenvalue weighted by molar-refractivity contribution is 0.384. The highest BCUT2D eigenvalue weighted by Gasteiger charge is 2.05. The predicted octanol–water partition coefficient (Wildman–Crippen LogP) is 3.95. The Bertz CT molecular complexity index is 478. The number of aromatic nitrogens is 1. The van der Waals surface area contributed by atoms with Crippen LogP contribution in [0.4, 0.5) is 0 Å². The first-order valence-electron chi connectivity index (χ1n) is 5.43. The molecule has 15 heavy (non-hydrogen) atoms. The molecule has 0 unspecified atom stereocenters. The first-order chi connectivity index (χ1) is 7.72. The smallest absolute Gasteiger partial charge is 0.137 e. The molecule has 0 N–H and O–H groups in total. The van der Waals surface area contributed by atoms with E-state index in [4.69, 9.17) is 17.5 Å². The van der Waals surface area contributed by atoms with Gasteiger partial charge in [0.2, 0.25) is 0 Å². The minimum Gasteiger partial charge on any atom is -0.361 e. The lowest BCUT2D eigenvalue weighted by Gasteiger charge is -1.94. The van der Waals surface area contributed by atoms with E-state index in [1.807, 2.05) is 19.1 Å². The Labute approximate surface area is 95.3 Å². The molecule has 2 aromatic rings. The number of aryl methyl sites for hydroxylation is 1. The van der Waals surface area contributed by atoms with Crippen LogP contribution in [-0.4, -0.2) is 5.16 Å². The molecule has 0 saturated heterocycles. The molecule has 2 nitrogen and oxygen atoms in total. The molecule has 0 amide bonds. The molecule has 3 heteroatoms. The molecule has 1 aromatic carbocycles. The van der Waals surface area contributed by atoms with Gasteiger partial charge in [-0.05, 0) is 18.6 Å². The van der Waals surface area contributed by atoms with E-state index in [0.717, 1.165) is 18.4 Å². The Balaban J connectivity index is 2.37. The van der Waals surface area contributed by atoms with E-state index in [1.54, 1.807) is 12.1 Å². The molecule has 0 aliphatic rings. The van der Waals surface area contributed by atoms with Gasteiger partial charge in [-0.1, -0.05) is 35.8 Å². The highest BCUT2D eigenvalue weighted by Crippen LogP contribution is 2.21. The number of hydrogen-bond donors (Lipinski definition) is 0. The lowest BCUT2D eigenvalue weighted by atomic mass is 10.1. The van der Waals surface area contributed by atoms with Gasteiger partial charge in [-0.2, -0.15) is 0 Å². The first kappa shape index (κ1) is 8.98. The number of nitrogens with zero attached hydrogens (tertiary/aromatic N) is 1. The zero-order chi connectivity index (χ0) is 11.5. The van der Waals surface area contributed by atoms with Crippen molar-refractivity contribution in [1.82, 2.24) is 5.16 Å². The van der Waals surface area contributed by atoms with Crippen LogP contribution in [0.2, 0.25) is 5.02 Å². The molecule has 0 spiro atoms. The molecule has 0 saturated carbocycles. The Morgan fingerprint density at radius 2 is 2.13 bits per heavy atom. The molecular weight excluding hydrogens is 210 g/mol. The molecule has 0 atom stereocenters. The van der Waals surface area contributed by atoms with Crippen LogP contribution in [0.15, 0.2) is 34.8 Å². The number of halogens is 1. The third kappa shape index (κ3) is 2.39. The minimum atomic E-state index is 0.379. The monoisotopic (exact) mass is 222 g/mol. The van der Waals surface area contributed by atoms with Gasteiger partial charge in [0.05, 0.1) is 1.37 Å². The fourth-order valence-electron chi connectivity index (χ4n) is 1.35. The molecule has 1 aromatic heterocycles. The Hall–Kier alpha value is -1.28. The third-order valence-corrected chi connectivity index (χ3v) is 2.35. The van der Waals surface area contributed by atoms with E-state index in [2.05, 4.69) is 5.16 Å². The molecular formula is C12H12ClNO. The van der Waals surface area contributed by atoms with Crippen LogP contribution in [0.3, 0.4) is 0 Å². The van der Waals surface area contributed by atoms with Crippen molar-refractivity contribution < 1.29 is 5.89 Å². The van der Waals surface area contributed by atoms with Crippen molar-refractivity contribution in [3.05, 3.63) is 41.1 Å². The van der Waals surface area contributed by atoms with Crippen LogP contribution in [0.25, 0.3) is 11.3 Å². The van der Waals surface area contributed by atoms with Gasteiger partial charge in [0.1, 0.15) is 11.5 Å². The first-order valence-corrected chi connectivity index (χ1v) is 5.31. The van der Waals surface area contributed by atoms with Crippen LogP contribution >= 0.6 is 11.6 Å². The highest BCUT2D eigenvalue weighted by atomic mass is 35.5. The summed E-state index contributed by atoms with van der Waals surface area (Å²) in [4.78, 5) is 0. The fraction of sp³-hybridized carbons (Fsp3) is 0.250. The average Bonchev–Trinajstić information content (AvgIpc) is 2.63. The normalized spacial score (nSPS) is 11.5. The van der Waals surface area contributed by atoms with Gasteiger partial charge in [-0.15, -0.1) is 0 Å². The van der Waals surface area contributed by atoms with E-state index in [1.165, 1.54) is 0 Å². The minimum absolute atomic E-state index is 0.379. The summed E-state index contributed by atoms with van der Waals surface area (Å²) in [5.74, 6) is 0.646. The maximum Gasteiger partial charge on any atom is 0.137 e. The molecule has 0 radical (unpaired) electrons. The summed E-state index contributed by atoms with van der Waals surface area (Å²) in [5.41, 5.74) is 1.45. The van der Waals surface area contributed by atoms with Crippen molar-refractivity contribution in [3.63, 3.8) is 0 Å². The van der Waals surface area contributed by atoms with E-state index in [0.29, 0.717) is 22.5 Å². The zero-order valence-electron chi connectivity index (χ0n) is 9.46. The molecule has 0 bridgehead atoms. The van der Waals surface area contributed by atoms with Gasteiger partial charge >= 0.3 is 0 Å². The molecule has 78 valence electrons. The van der Waals surface area contributed by atoms with Crippen molar-refractivity contribution in [1.29, 1.82) is 0 Å². The summed E-state index contributed by atoms with van der Waals surface area (Å²) in [6.07, 6.45) is 1.69. The van der Waals surface area contributed by atoms with Crippen molar-refractivity contribution in [3.8, 4) is 11.3 Å². The largest absolute Gasteiger partial charge is 0.361 e. The maximum atomic E-state index is 7.93. The van der Waals surface area contributed by atoms with Gasteiger partial charge in [0, 0.05) is 23.0 Å². The number of rotatable bonds is 3. The van der Waals surface area contributed by atoms with Crippen molar-refractivity contribution in [2.45, 2.75) is 19.8 Å². The van der Waals surface area contributed by atoms with Crippen molar-refractivity contribution in [2.24, 2.45) is 0 Å². The van der Waals surface area contributed by atoms with E-state index in [9.17, 15) is 0 Å². The lowest BCUT2D eigenvalue weighted by Crippen LogP contribution is -1.76. The molecule has 1 heterocycles. The predicted molar refractivity (Wildman–Crippen MR) is 60.9 cm³/mol. The molecule has 0 fully saturated rings. The fourth-order valence-corrected chi connectivity index (χ4v) is 1.47. The van der Waals surface area contributed by atoms with Crippen LogP contribution in [-0.2, 0) is 6.42 Å². The summed E-state index contributed by atoms with van der Waals surface area (Å²) in [5, 5.41) is 4.60. The van der Waals surface area contributed by atoms with E-state index >= 15 is 0 Å². The number of hydrogen-bond acceptors (Lipinski definition) is 2. The number of benzene rings is 1. The van der Waals surface area contributed by atoms with Crippen LogP contribution in [0.5, 0.6) is 0 Å². The van der Waals surface area contributed by atoms with Crippen LogP contribution < -0.4 is 0 Å². The van der Waals surface area contributed by atoms with E-state index < -0.39 is 0 Å². The van der Waals surface area contributed by atoms with Gasteiger partial charge in [0.25, 0.3) is 0 Å². The zero-order valence-corrected chi connectivity index (χ0v) is 9.21. The third-order valence-electron chi connectivity index (χ3n) is 2.10. The second-order valence-corrected chi connectivity index (χ2v) is 3.77. The molecule has 0 aliphatic carbocycles. The maximum absolute atomic E-state index is 7.93. The van der Waals surface area contributed by atoms with Gasteiger partial charge in [-0.25, -0.2) is 0 Å². The summed E-state index contributed by atoms with van der Waals surface area (Å²) < 4.78 is 13.1. The summed E-state index contributed by atoms with van der Waals surface area (Å²) in [6.45, 7) is 2.05. The van der Waals surface area contributed by atoms with Crippen LogP contribution in [0, 0.1) is 0 Å². The molecule has 0 aliphatic heterocycles. The Morgan fingerprint density at radius 1 is 1.40 bits per heavy atom. The van der Waals surface area contributed by atoms with Crippen molar-refractivity contribution in [2.75, 3.05) is 0 Å². The second kappa shape index (κ2) is 4.49. The summed E-state index contributed by atoms with van der Waals surface area (Å²) >= 11 is 5.80. The quantitative estimate of drug-likeness (QED) is 0.786. The molecule has 2 rings (SSSR count). The Morgan fingerprint density at radius 3 is 2.80 bits per heavy atom. The van der Waals surface area contributed by atoms with E-state index in [-0.39, 0.29) is 0 Å². The van der Waals surface area contributed by atoms with Gasteiger partial charge < -0.3 is 4.52 Å². The topological polar surface area (TPSA) is 26.0 Å². The standard InChI is InChI=1S/C12H12ClNO/c1-2-3-11-8-12(14-15-11)9-4-6-10(13)7-5-9/h4-8H,2-3H2,1H3/i8D.